The van der Waals surface area contributed by atoms with Gasteiger partial charge < -0.3 is 16.1 Å². The molecule has 0 aliphatic carbocycles. The van der Waals surface area contributed by atoms with E-state index in [1.807, 2.05) is 0 Å². The first kappa shape index (κ1) is 27.4. The van der Waals surface area contributed by atoms with Gasteiger partial charge in [0.05, 0.1) is 5.97 Å². The minimum atomic E-state index is -1.08. The Morgan fingerprint density at radius 2 is 1.15 bits per heavy atom. The van der Waals surface area contributed by atoms with Gasteiger partial charge in [0.25, 0.3) is 0 Å². The molecule has 0 aliphatic heterocycles. The lowest BCUT2D eigenvalue weighted by Crippen LogP contribution is -2.21. The molecule has 0 spiro atoms. The first-order valence-corrected chi connectivity index (χ1v) is 11.0. The summed E-state index contributed by atoms with van der Waals surface area (Å²) in [6.07, 6.45) is 23.8. The number of aliphatic carboxylic acids is 1. The van der Waals surface area contributed by atoms with Crippen molar-refractivity contribution in [3.8, 4) is 0 Å². The molecule has 4 N–H and O–H groups in total. The van der Waals surface area contributed by atoms with Crippen LogP contribution in [0.5, 0.6) is 0 Å². The Bertz CT molecular complexity index is 317. The summed E-state index contributed by atoms with van der Waals surface area (Å²) in [5.74, 6) is -1.08. The molecule has 156 valence electrons. The number of quaternary nitrogens is 1. The maximum absolute atomic E-state index is 10.3. The van der Waals surface area contributed by atoms with E-state index < -0.39 is 5.97 Å². The Morgan fingerprint density at radius 3 is 1.62 bits per heavy atom. The summed E-state index contributed by atoms with van der Waals surface area (Å²) >= 11 is 0. The summed E-state index contributed by atoms with van der Waals surface area (Å²) in [6, 6.07) is 0. The fraction of sp³-hybridized carbons (Fsp3) is 0.870. The number of carboxylic acid groups (broad SMARTS) is 1. The van der Waals surface area contributed by atoms with Crippen LogP contribution in [0.1, 0.15) is 124 Å². The minimum Gasteiger partial charge on any atom is -0.545 e. The SMILES string of the molecule is CCCCC(CCCC)(CCCC)CCCCCCCC=CC(=O)[O-].[NH4+]. The summed E-state index contributed by atoms with van der Waals surface area (Å²) in [5.41, 5.74) is 0.610. The minimum absolute atomic E-state index is 0. The summed E-state index contributed by atoms with van der Waals surface area (Å²) in [7, 11) is 0. The van der Waals surface area contributed by atoms with Crippen LogP contribution in [-0.4, -0.2) is 5.97 Å². The van der Waals surface area contributed by atoms with Crippen LogP contribution in [0.15, 0.2) is 12.2 Å². The van der Waals surface area contributed by atoms with Gasteiger partial charge in [-0.25, -0.2) is 0 Å². The van der Waals surface area contributed by atoms with Gasteiger partial charge in [-0.15, -0.1) is 0 Å². The van der Waals surface area contributed by atoms with Crippen LogP contribution in [0.3, 0.4) is 0 Å². The van der Waals surface area contributed by atoms with Crippen molar-refractivity contribution in [3.63, 3.8) is 0 Å². The number of hydrogen-bond acceptors (Lipinski definition) is 2. The van der Waals surface area contributed by atoms with E-state index >= 15 is 0 Å². The van der Waals surface area contributed by atoms with Crippen LogP contribution in [0.2, 0.25) is 0 Å². The Labute approximate surface area is 163 Å². The van der Waals surface area contributed by atoms with E-state index in [4.69, 9.17) is 0 Å². The Balaban J connectivity index is 0. The van der Waals surface area contributed by atoms with Crippen molar-refractivity contribution < 1.29 is 9.90 Å². The van der Waals surface area contributed by atoms with Gasteiger partial charge in [-0.1, -0.05) is 91.1 Å². The van der Waals surface area contributed by atoms with Crippen molar-refractivity contribution in [3.05, 3.63) is 12.2 Å². The van der Waals surface area contributed by atoms with Crippen molar-refractivity contribution in [2.45, 2.75) is 124 Å². The van der Waals surface area contributed by atoms with Crippen molar-refractivity contribution >= 4 is 5.97 Å². The molecular formula is C23H47NO2. The first-order valence-electron chi connectivity index (χ1n) is 11.0. The predicted octanol–water partition coefficient (Wildman–Crippen LogP) is 6.96. The highest BCUT2D eigenvalue weighted by Crippen LogP contribution is 2.41. The molecule has 0 fully saturated rings. The number of hydrogen-bond donors (Lipinski definition) is 1. The second-order valence-electron chi connectivity index (χ2n) is 7.84. The van der Waals surface area contributed by atoms with E-state index in [1.165, 1.54) is 89.9 Å². The lowest BCUT2D eigenvalue weighted by Gasteiger charge is -2.35. The quantitative estimate of drug-likeness (QED) is 0.209. The monoisotopic (exact) mass is 369 g/mol. The molecule has 0 heterocycles. The number of carbonyl (C=O) groups is 1. The number of carbonyl (C=O) groups excluding carboxylic acids is 1. The molecule has 3 nitrogen and oxygen atoms in total. The molecule has 0 aliphatic rings. The van der Waals surface area contributed by atoms with Crippen LogP contribution in [-0.2, 0) is 4.79 Å². The summed E-state index contributed by atoms with van der Waals surface area (Å²) in [5, 5.41) is 10.3. The van der Waals surface area contributed by atoms with Crippen molar-refractivity contribution in [1.82, 2.24) is 6.15 Å². The average Bonchev–Trinajstić information content (AvgIpc) is 2.60. The van der Waals surface area contributed by atoms with Crippen molar-refractivity contribution in [2.24, 2.45) is 5.41 Å². The molecule has 0 saturated heterocycles. The van der Waals surface area contributed by atoms with Gasteiger partial charge in [-0.3, -0.25) is 0 Å². The molecule has 0 aromatic heterocycles. The van der Waals surface area contributed by atoms with E-state index in [-0.39, 0.29) is 6.15 Å². The van der Waals surface area contributed by atoms with Crippen LogP contribution in [0.25, 0.3) is 0 Å². The number of carboxylic acids is 1. The van der Waals surface area contributed by atoms with E-state index in [9.17, 15) is 9.90 Å². The molecule has 0 aromatic carbocycles. The van der Waals surface area contributed by atoms with Gasteiger partial charge in [0.1, 0.15) is 0 Å². The second kappa shape index (κ2) is 18.9. The molecule has 0 aromatic rings. The predicted molar refractivity (Wildman–Crippen MR) is 113 cm³/mol. The van der Waals surface area contributed by atoms with Crippen LogP contribution in [0.4, 0.5) is 0 Å². The fourth-order valence-corrected chi connectivity index (χ4v) is 3.88. The maximum Gasteiger partial charge on any atom is 0.0639 e. The number of allylic oxidation sites excluding steroid dienone is 1. The summed E-state index contributed by atoms with van der Waals surface area (Å²) in [6.45, 7) is 6.96. The van der Waals surface area contributed by atoms with E-state index in [1.54, 1.807) is 6.08 Å². The standard InChI is InChI=1S/C23H44O2.H3N/c1-4-7-18-23(19-8-5-2,20-9-6-3)21-16-14-12-10-11-13-15-17-22(24)25;/h15,17H,4-14,16,18-21H2,1-3H3,(H,24,25);1H3. The van der Waals surface area contributed by atoms with Gasteiger partial charge in [-0.2, -0.15) is 0 Å². The Morgan fingerprint density at radius 1 is 0.731 bits per heavy atom. The summed E-state index contributed by atoms with van der Waals surface area (Å²) < 4.78 is 0. The highest BCUT2D eigenvalue weighted by molar-refractivity contribution is 5.77. The zero-order valence-electron chi connectivity index (χ0n) is 18.3. The largest absolute Gasteiger partial charge is 0.545 e. The molecule has 0 unspecified atom stereocenters. The zero-order valence-corrected chi connectivity index (χ0v) is 18.3. The van der Waals surface area contributed by atoms with Gasteiger partial charge in [0.2, 0.25) is 0 Å². The second-order valence-corrected chi connectivity index (χ2v) is 7.84. The smallest absolute Gasteiger partial charge is 0.0639 e. The number of rotatable bonds is 18. The third kappa shape index (κ3) is 15.4. The lowest BCUT2D eigenvalue weighted by molar-refractivity contribution is -0.297. The van der Waals surface area contributed by atoms with E-state index in [0.29, 0.717) is 5.41 Å². The average molecular weight is 370 g/mol. The van der Waals surface area contributed by atoms with Crippen molar-refractivity contribution in [1.29, 1.82) is 0 Å². The molecule has 3 heteroatoms. The fourth-order valence-electron chi connectivity index (χ4n) is 3.88. The van der Waals surface area contributed by atoms with Crippen LogP contribution >= 0.6 is 0 Å². The Kier molecular flexibility index (Phi) is 20.0. The summed E-state index contributed by atoms with van der Waals surface area (Å²) in [4.78, 5) is 10.3. The topological polar surface area (TPSA) is 76.6 Å². The first-order chi connectivity index (χ1) is 12.1. The van der Waals surface area contributed by atoms with Gasteiger partial charge >= 0.3 is 0 Å². The van der Waals surface area contributed by atoms with Crippen LogP contribution in [0, 0.1) is 5.41 Å². The van der Waals surface area contributed by atoms with E-state index in [2.05, 4.69) is 20.8 Å². The molecule has 0 saturated carbocycles. The van der Waals surface area contributed by atoms with E-state index in [0.717, 1.165) is 18.9 Å². The van der Waals surface area contributed by atoms with Crippen LogP contribution < -0.4 is 11.3 Å². The maximum atomic E-state index is 10.3. The molecular weight excluding hydrogens is 322 g/mol. The van der Waals surface area contributed by atoms with Gasteiger partial charge in [0, 0.05) is 0 Å². The third-order valence-corrected chi connectivity index (χ3v) is 5.51. The molecule has 26 heavy (non-hydrogen) atoms. The number of unbranched alkanes of at least 4 members (excludes halogenated alkanes) is 8. The Hall–Kier alpha value is -0.830. The highest BCUT2D eigenvalue weighted by atomic mass is 16.4. The zero-order chi connectivity index (χ0) is 18.8. The van der Waals surface area contributed by atoms with Gasteiger partial charge in [0.15, 0.2) is 0 Å². The van der Waals surface area contributed by atoms with Gasteiger partial charge in [-0.05, 0) is 50.0 Å². The highest BCUT2D eigenvalue weighted by Gasteiger charge is 2.27. The molecule has 0 bridgehead atoms. The molecule has 0 radical (unpaired) electrons. The third-order valence-electron chi connectivity index (χ3n) is 5.51. The van der Waals surface area contributed by atoms with Crippen molar-refractivity contribution in [2.75, 3.05) is 0 Å². The normalized spacial score (nSPS) is 11.7. The molecule has 0 rings (SSSR count). The molecule has 0 amide bonds. The lowest BCUT2D eigenvalue weighted by atomic mass is 9.71. The molecule has 0 atom stereocenters.